The van der Waals surface area contributed by atoms with Gasteiger partial charge in [0.05, 0.1) is 5.58 Å². The molecule has 251 valence electrons. The standard InChI is InChI=1S/C32H27N2O.C13H12N.Ir/c1-19-17-27(32(3,4)5)22-9-6-7-10-23(22)29(19)21-15-16-33-28(18-21)26-12-8-11-24-25-14-13-20(2)34-31(25)35-30(24)26;1-10-3-6-12(7-4-10)13-8-5-11(2)9-14-13;/h6-11,13-18H,1-5H3;3-6,8-9H,1-2H3;/q2*-1;/i2*1D3,2D3;. The van der Waals surface area contributed by atoms with Gasteiger partial charge in [-0.3, -0.25) is 0 Å². The van der Waals surface area contributed by atoms with Gasteiger partial charge in [0.2, 0.25) is 5.71 Å². The van der Waals surface area contributed by atoms with E-state index in [9.17, 15) is 0 Å². The number of aryl methyl sites for hydroxylation is 4. The van der Waals surface area contributed by atoms with E-state index in [-0.39, 0.29) is 53.6 Å². The minimum atomic E-state index is -2.36. The fourth-order valence-electron chi connectivity index (χ4n) is 5.98. The van der Waals surface area contributed by atoms with E-state index in [4.69, 9.17) is 20.9 Å². The molecular formula is C45H39IrN3O-2. The fourth-order valence-corrected chi connectivity index (χ4v) is 5.98. The van der Waals surface area contributed by atoms with Crippen LogP contribution in [0, 0.1) is 39.5 Å². The summed E-state index contributed by atoms with van der Waals surface area (Å²) in [5.41, 5.74) is 5.66. The molecule has 0 aliphatic heterocycles. The SMILES string of the molecule is [2H]C([2H])([2H])c1c[c-]c(-c2ccc(C([2H])([2H])[2H])cn2)cc1.[2H]C([2H])([2H])c1ccc2c(n1)oc1c(-c3cc(-c4c(C([2H])([2H])[2H])cc(C(C)(C)C)c5ccccc45)ccn3)[c-]ccc12.[Ir]. The first-order valence-electron chi connectivity index (χ1n) is 21.7. The molecule has 0 saturated heterocycles. The Morgan fingerprint density at radius 1 is 0.720 bits per heavy atom. The molecule has 0 N–H and O–H groups in total. The summed E-state index contributed by atoms with van der Waals surface area (Å²) in [6, 6.07) is 33.9. The van der Waals surface area contributed by atoms with Gasteiger partial charge in [0.15, 0.2) is 0 Å². The Hall–Kier alpha value is -4.96. The number of pyridine rings is 3. The second kappa shape index (κ2) is 14.1. The summed E-state index contributed by atoms with van der Waals surface area (Å²) >= 11 is 0. The second-order valence-corrected chi connectivity index (χ2v) is 12.7. The van der Waals surface area contributed by atoms with E-state index in [2.05, 4.69) is 47.9 Å². The Balaban J connectivity index is 0.000000258. The van der Waals surface area contributed by atoms with Crippen LogP contribution in [-0.2, 0) is 25.5 Å². The van der Waals surface area contributed by atoms with Crippen LogP contribution in [0.1, 0.15) is 65.2 Å². The average Bonchev–Trinajstić information content (AvgIpc) is 3.57. The molecule has 0 aliphatic carbocycles. The molecule has 0 bridgehead atoms. The minimum absolute atomic E-state index is 0. The monoisotopic (exact) mass is 842 g/mol. The van der Waals surface area contributed by atoms with E-state index in [1.807, 2.05) is 48.5 Å². The molecule has 0 spiro atoms. The molecule has 4 aromatic heterocycles. The van der Waals surface area contributed by atoms with Crippen molar-refractivity contribution in [2.24, 2.45) is 0 Å². The first-order valence-corrected chi connectivity index (χ1v) is 15.7. The predicted octanol–water partition coefficient (Wildman–Crippen LogP) is 11.7. The number of rotatable bonds is 3. The maximum Gasteiger partial charge on any atom is 0.216 e. The van der Waals surface area contributed by atoms with Crippen molar-refractivity contribution in [3.63, 3.8) is 0 Å². The van der Waals surface area contributed by atoms with E-state index >= 15 is 0 Å². The van der Waals surface area contributed by atoms with Gasteiger partial charge in [0, 0.05) is 60.0 Å². The van der Waals surface area contributed by atoms with Crippen LogP contribution in [0.25, 0.3) is 66.5 Å². The van der Waals surface area contributed by atoms with E-state index < -0.39 is 27.4 Å². The Kier molecular flexibility index (Phi) is 6.40. The van der Waals surface area contributed by atoms with Crippen LogP contribution in [0.3, 0.4) is 0 Å². The summed E-state index contributed by atoms with van der Waals surface area (Å²) < 4.78 is 98.2. The quantitative estimate of drug-likeness (QED) is 0.166. The van der Waals surface area contributed by atoms with Crippen LogP contribution >= 0.6 is 0 Å². The minimum Gasteiger partial charge on any atom is -0.486 e. The number of fused-ring (bicyclic) bond motifs is 4. The third kappa shape index (κ3) is 6.89. The van der Waals surface area contributed by atoms with Gasteiger partial charge < -0.3 is 14.4 Å². The fraction of sp³-hybridized carbons (Fsp3) is 0.178. The van der Waals surface area contributed by atoms with Crippen molar-refractivity contribution in [2.75, 3.05) is 0 Å². The Labute approximate surface area is 324 Å². The van der Waals surface area contributed by atoms with E-state index in [1.54, 1.807) is 30.5 Å². The van der Waals surface area contributed by atoms with Crippen molar-refractivity contribution < 1.29 is 41.0 Å². The van der Waals surface area contributed by atoms with Crippen LogP contribution in [0.2, 0.25) is 0 Å². The molecule has 8 rings (SSSR count). The third-order valence-corrected chi connectivity index (χ3v) is 8.31. The second-order valence-electron chi connectivity index (χ2n) is 12.7. The van der Waals surface area contributed by atoms with Crippen LogP contribution in [0.15, 0.2) is 114 Å². The molecule has 4 aromatic carbocycles. The molecule has 0 amide bonds. The number of furan rings is 1. The molecular weight excluding hydrogens is 791 g/mol. The molecule has 0 unspecified atom stereocenters. The van der Waals surface area contributed by atoms with Crippen LogP contribution < -0.4 is 0 Å². The smallest absolute Gasteiger partial charge is 0.216 e. The predicted molar refractivity (Wildman–Crippen MR) is 203 cm³/mol. The number of nitrogens with zero attached hydrogens (tertiary/aromatic N) is 3. The number of benzene rings is 4. The average molecular weight is 842 g/mol. The van der Waals surface area contributed by atoms with Crippen molar-refractivity contribution in [3.05, 3.63) is 150 Å². The summed E-state index contributed by atoms with van der Waals surface area (Å²) in [6.45, 7) is -2.79. The first kappa shape index (κ1) is 22.7. The van der Waals surface area contributed by atoms with Gasteiger partial charge in [0.25, 0.3) is 0 Å². The number of hydrogen-bond donors (Lipinski definition) is 0. The summed E-state index contributed by atoms with van der Waals surface area (Å²) in [5, 5.41) is 3.31. The van der Waals surface area contributed by atoms with E-state index in [1.165, 1.54) is 30.5 Å². The van der Waals surface area contributed by atoms with Gasteiger partial charge in [-0.25, -0.2) is 4.98 Å². The van der Waals surface area contributed by atoms with Crippen molar-refractivity contribution in [1.29, 1.82) is 0 Å². The molecule has 50 heavy (non-hydrogen) atoms. The first-order chi connectivity index (χ1) is 28.4. The molecule has 0 aliphatic rings. The summed E-state index contributed by atoms with van der Waals surface area (Å²) in [4.78, 5) is 12.9. The van der Waals surface area contributed by atoms with Gasteiger partial charge >= 0.3 is 0 Å². The Bertz CT molecular complexity index is 2840. The maximum absolute atomic E-state index is 8.44. The topological polar surface area (TPSA) is 51.8 Å². The molecule has 1 radical (unpaired) electrons. The Morgan fingerprint density at radius 3 is 2.28 bits per heavy atom. The largest absolute Gasteiger partial charge is 0.486 e. The zero-order chi connectivity index (χ0) is 44.3. The van der Waals surface area contributed by atoms with Gasteiger partial charge in [0.1, 0.15) is 0 Å². The molecule has 0 saturated carbocycles. The van der Waals surface area contributed by atoms with Crippen molar-refractivity contribution >= 4 is 32.8 Å². The summed E-state index contributed by atoms with van der Waals surface area (Å²) in [7, 11) is 0. The summed E-state index contributed by atoms with van der Waals surface area (Å²) in [6.07, 6.45) is 2.95. The zero-order valence-corrected chi connectivity index (χ0v) is 29.9. The van der Waals surface area contributed by atoms with Crippen molar-refractivity contribution in [1.82, 2.24) is 15.0 Å². The van der Waals surface area contributed by atoms with Crippen molar-refractivity contribution in [2.45, 2.75) is 53.6 Å². The normalized spacial score (nSPS) is 15.9. The Morgan fingerprint density at radius 2 is 1.56 bits per heavy atom. The van der Waals surface area contributed by atoms with Gasteiger partial charge in [-0.15, -0.1) is 53.6 Å². The third-order valence-electron chi connectivity index (χ3n) is 8.31. The van der Waals surface area contributed by atoms with Gasteiger partial charge in [-0.05, 0) is 94.1 Å². The van der Waals surface area contributed by atoms with E-state index in [0.29, 0.717) is 44.6 Å². The van der Waals surface area contributed by atoms with Crippen LogP contribution in [0.4, 0.5) is 0 Å². The summed E-state index contributed by atoms with van der Waals surface area (Å²) in [5.74, 6) is 0. The van der Waals surface area contributed by atoms with Gasteiger partial charge in [-0.1, -0.05) is 87.1 Å². The maximum atomic E-state index is 8.44. The molecule has 4 heterocycles. The number of hydrogen-bond acceptors (Lipinski definition) is 4. The zero-order valence-electron chi connectivity index (χ0n) is 39.5. The van der Waals surface area contributed by atoms with Crippen LogP contribution in [0.5, 0.6) is 0 Å². The van der Waals surface area contributed by atoms with Crippen molar-refractivity contribution in [3.8, 4) is 33.6 Å². The van der Waals surface area contributed by atoms with Crippen LogP contribution in [-0.4, -0.2) is 15.0 Å². The molecule has 0 fully saturated rings. The molecule has 4 nitrogen and oxygen atoms in total. The van der Waals surface area contributed by atoms with Gasteiger partial charge in [-0.2, -0.15) is 0 Å². The van der Waals surface area contributed by atoms with E-state index in [0.717, 1.165) is 21.7 Å². The molecule has 0 atom stereocenters. The molecule has 8 aromatic rings. The molecule has 5 heteroatoms. The number of aromatic nitrogens is 3.